The van der Waals surface area contributed by atoms with E-state index in [1.54, 1.807) is 36.7 Å². The molecule has 1 fully saturated rings. The molecule has 0 unspecified atom stereocenters. The fourth-order valence-electron chi connectivity index (χ4n) is 9.28. The highest BCUT2D eigenvalue weighted by molar-refractivity contribution is 6.07. The molecular formula is C57H71N9O8. The predicted molar refractivity (Wildman–Crippen MR) is 292 cm³/mol. The Morgan fingerprint density at radius 1 is 0.703 bits per heavy atom. The standard InChI is InChI=1S/C22H31N3O2.C21H31N3O2.C14H9N3O4/c1-4-27-22(26)19-15-24-20-17(3)13-16(2)14-18(20)21(19)23-9-8-12-25-10-6-5-7-11-25;1-6-24(7-2)11-9-10-22-20-17-13-15(4)12-16(5)19(17)23-14-18(20)21(25)26-8-3;18-12(9-4-2-1-3-5-9)8-10-6-7-11(17(19)20)14-13(10)15-21-16-14/h13-15H,4-12H2,1-3H3,(H,23,24);12-14H,6-11H2,1-5H3,(H,22,23);1-7H,8H2. The molecule has 0 spiro atoms. The molecule has 8 rings (SSSR count). The number of piperidine rings is 1. The number of nitro groups is 1. The Morgan fingerprint density at radius 3 is 1.77 bits per heavy atom. The van der Waals surface area contributed by atoms with Crippen LogP contribution in [-0.2, 0) is 15.9 Å². The SMILES string of the molecule is CCOC(=O)c1cnc2c(C)cc(C)cc2c1NCCCN(CC)CC.CCOC(=O)c1cnc2c(C)cc(C)cc2c1NCCCN1CCCCC1.O=C(Cc1ccc([N+](=O)[O-])c2nonc12)c1ccccc1. The number of ether oxygens (including phenoxy) is 2. The first-order valence-electron chi connectivity index (χ1n) is 25.8. The minimum absolute atomic E-state index is 0.0540. The summed E-state index contributed by atoms with van der Waals surface area (Å²) in [7, 11) is 0. The number of carbonyl (C=O) groups is 3. The number of aryl methyl sites for hydroxylation is 4. The predicted octanol–water partition coefficient (Wildman–Crippen LogP) is 11.0. The molecule has 17 heteroatoms. The van der Waals surface area contributed by atoms with Gasteiger partial charge < -0.3 is 29.9 Å². The van der Waals surface area contributed by atoms with Crippen LogP contribution in [0.3, 0.4) is 0 Å². The number of Topliss-reactive ketones (excluding diaryl/α,β-unsaturated/α-hetero) is 1. The third kappa shape index (κ3) is 14.7. The lowest BCUT2D eigenvalue weighted by atomic mass is 10.0. The summed E-state index contributed by atoms with van der Waals surface area (Å²) in [4.78, 5) is 61.4. The highest BCUT2D eigenvalue weighted by Gasteiger charge is 2.22. The topological polar surface area (TPSA) is 208 Å². The van der Waals surface area contributed by atoms with Gasteiger partial charge in [0.25, 0.3) is 0 Å². The first-order chi connectivity index (χ1) is 35.8. The first kappa shape index (κ1) is 55.9. The van der Waals surface area contributed by atoms with Gasteiger partial charge in [0, 0.05) is 54.3 Å². The molecule has 74 heavy (non-hydrogen) atoms. The van der Waals surface area contributed by atoms with Crippen LogP contribution in [0.25, 0.3) is 32.8 Å². The minimum Gasteiger partial charge on any atom is -0.462 e. The number of nitrogens with one attached hydrogen (secondary N) is 2. The maximum absolute atomic E-state index is 12.4. The number of likely N-dealkylation sites (tertiary alicyclic amines) is 1. The zero-order chi connectivity index (χ0) is 53.1. The Bertz CT molecular complexity index is 3020. The van der Waals surface area contributed by atoms with E-state index >= 15 is 0 Å². The number of hydrogen-bond donors (Lipinski definition) is 2. The number of hydrogen-bond acceptors (Lipinski definition) is 16. The lowest BCUT2D eigenvalue weighted by molar-refractivity contribution is -0.383. The summed E-state index contributed by atoms with van der Waals surface area (Å²) >= 11 is 0. The lowest BCUT2D eigenvalue weighted by Crippen LogP contribution is -2.31. The molecular weight excluding hydrogens is 939 g/mol. The number of carbonyl (C=O) groups excluding carboxylic acids is 3. The van der Waals surface area contributed by atoms with Crippen molar-refractivity contribution in [1.29, 1.82) is 0 Å². The molecule has 1 aliphatic heterocycles. The van der Waals surface area contributed by atoms with Gasteiger partial charge in [-0.2, -0.15) is 0 Å². The van der Waals surface area contributed by atoms with Crippen molar-refractivity contribution in [2.24, 2.45) is 0 Å². The third-order valence-corrected chi connectivity index (χ3v) is 13.0. The Labute approximate surface area is 433 Å². The van der Waals surface area contributed by atoms with E-state index in [1.807, 2.05) is 19.9 Å². The maximum atomic E-state index is 12.4. The van der Waals surface area contributed by atoms with Crippen LogP contribution in [0, 0.1) is 37.8 Å². The van der Waals surface area contributed by atoms with E-state index < -0.39 is 4.92 Å². The molecule has 4 aromatic carbocycles. The summed E-state index contributed by atoms with van der Waals surface area (Å²) in [6.45, 7) is 25.3. The average Bonchev–Trinajstić information content (AvgIpc) is 3.90. The van der Waals surface area contributed by atoms with Crippen molar-refractivity contribution in [3.05, 3.63) is 134 Å². The van der Waals surface area contributed by atoms with Crippen LogP contribution >= 0.6 is 0 Å². The summed E-state index contributed by atoms with van der Waals surface area (Å²) in [5.74, 6) is -0.745. The van der Waals surface area contributed by atoms with Gasteiger partial charge in [0.05, 0.1) is 40.5 Å². The summed E-state index contributed by atoms with van der Waals surface area (Å²) in [6.07, 6.45) is 9.41. The molecule has 0 aliphatic carbocycles. The number of non-ortho nitro benzene ring substituents is 1. The molecule has 4 heterocycles. The fraction of sp³-hybridized carbons (Fsp3) is 0.421. The molecule has 2 N–H and O–H groups in total. The molecule has 17 nitrogen and oxygen atoms in total. The zero-order valence-electron chi connectivity index (χ0n) is 44.2. The molecule has 392 valence electrons. The quantitative estimate of drug-likeness (QED) is 0.0239. The smallest absolute Gasteiger partial charge is 0.341 e. The van der Waals surface area contributed by atoms with E-state index in [9.17, 15) is 24.5 Å². The number of nitro benzene ring substituents is 1. The van der Waals surface area contributed by atoms with Gasteiger partial charge in [0.15, 0.2) is 5.78 Å². The number of anilines is 2. The van der Waals surface area contributed by atoms with Crippen molar-refractivity contribution in [2.75, 3.05) is 76.2 Å². The number of ketones is 1. The van der Waals surface area contributed by atoms with Crippen LogP contribution < -0.4 is 10.6 Å². The number of benzene rings is 4. The Kier molecular flexibility index (Phi) is 20.9. The monoisotopic (exact) mass is 1010 g/mol. The van der Waals surface area contributed by atoms with E-state index in [1.165, 1.54) is 50.0 Å². The van der Waals surface area contributed by atoms with E-state index in [2.05, 4.69) is 111 Å². The number of pyridine rings is 2. The number of fused-ring (bicyclic) bond motifs is 3. The summed E-state index contributed by atoms with van der Waals surface area (Å²) < 4.78 is 15.1. The summed E-state index contributed by atoms with van der Waals surface area (Å²) in [6, 6.07) is 20.0. The average molecular weight is 1010 g/mol. The highest BCUT2D eigenvalue weighted by atomic mass is 16.6. The Morgan fingerprint density at radius 2 is 1.24 bits per heavy atom. The second-order valence-electron chi connectivity index (χ2n) is 18.4. The number of rotatable bonds is 20. The van der Waals surface area contributed by atoms with Crippen LogP contribution in [-0.4, -0.2) is 118 Å². The normalized spacial score (nSPS) is 12.4. The largest absolute Gasteiger partial charge is 0.462 e. The molecule has 0 atom stereocenters. The van der Waals surface area contributed by atoms with Gasteiger partial charge in [0.2, 0.25) is 5.52 Å². The maximum Gasteiger partial charge on any atom is 0.341 e. The van der Waals surface area contributed by atoms with E-state index in [-0.39, 0.29) is 40.9 Å². The van der Waals surface area contributed by atoms with Crippen LogP contribution in [0.4, 0.5) is 17.1 Å². The summed E-state index contributed by atoms with van der Waals surface area (Å²) in [5.41, 5.74) is 10.4. The van der Waals surface area contributed by atoms with Gasteiger partial charge in [-0.3, -0.25) is 24.9 Å². The van der Waals surface area contributed by atoms with Crippen molar-refractivity contribution in [3.8, 4) is 0 Å². The molecule has 0 bridgehead atoms. The van der Waals surface area contributed by atoms with E-state index in [4.69, 9.17) is 9.47 Å². The van der Waals surface area contributed by atoms with E-state index in [0.717, 1.165) is 102 Å². The van der Waals surface area contributed by atoms with Crippen molar-refractivity contribution >= 4 is 67.6 Å². The van der Waals surface area contributed by atoms with Crippen LogP contribution in [0.5, 0.6) is 0 Å². The van der Waals surface area contributed by atoms with Crippen LogP contribution in [0.2, 0.25) is 0 Å². The molecule has 1 saturated heterocycles. The molecule has 0 radical (unpaired) electrons. The molecule has 7 aromatic rings. The van der Waals surface area contributed by atoms with Gasteiger partial charge in [-0.15, -0.1) is 0 Å². The van der Waals surface area contributed by atoms with Gasteiger partial charge in [-0.25, -0.2) is 14.2 Å². The highest BCUT2D eigenvalue weighted by Crippen LogP contribution is 2.32. The lowest BCUT2D eigenvalue weighted by Gasteiger charge is -2.26. The minimum atomic E-state index is -0.560. The van der Waals surface area contributed by atoms with Crippen molar-refractivity contribution in [3.63, 3.8) is 0 Å². The van der Waals surface area contributed by atoms with Crippen LogP contribution in [0.15, 0.2) is 83.8 Å². The van der Waals surface area contributed by atoms with Crippen molar-refractivity contribution in [1.82, 2.24) is 30.1 Å². The molecule has 0 saturated carbocycles. The number of esters is 2. The van der Waals surface area contributed by atoms with Crippen molar-refractivity contribution < 1.29 is 33.4 Å². The van der Waals surface area contributed by atoms with Gasteiger partial charge in [-0.1, -0.05) is 73.9 Å². The first-order valence-corrected chi connectivity index (χ1v) is 25.8. The van der Waals surface area contributed by atoms with Gasteiger partial charge >= 0.3 is 17.6 Å². The third-order valence-electron chi connectivity index (χ3n) is 13.0. The number of nitrogens with zero attached hydrogens (tertiary/aromatic N) is 7. The van der Waals surface area contributed by atoms with E-state index in [0.29, 0.717) is 35.5 Å². The molecule has 0 amide bonds. The summed E-state index contributed by atoms with van der Waals surface area (Å²) in [5, 5.41) is 27.1. The van der Waals surface area contributed by atoms with Gasteiger partial charge in [-0.05, 0) is 152 Å². The van der Waals surface area contributed by atoms with Crippen molar-refractivity contribution in [2.45, 2.75) is 93.9 Å². The second kappa shape index (κ2) is 27.6. The molecule has 1 aliphatic rings. The number of aromatic nitrogens is 4. The van der Waals surface area contributed by atoms with Crippen LogP contribution in [0.1, 0.15) is 119 Å². The zero-order valence-corrected chi connectivity index (χ0v) is 44.2. The fourth-order valence-corrected chi connectivity index (χ4v) is 9.28. The Hall–Kier alpha value is -7.37. The molecule has 3 aromatic heterocycles. The Balaban J connectivity index is 0.000000182. The second-order valence-corrected chi connectivity index (χ2v) is 18.4. The van der Waals surface area contributed by atoms with Gasteiger partial charge in [0.1, 0.15) is 16.6 Å².